The fourth-order valence-corrected chi connectivity index (χ4v) is 2.95. The van der Waals surface area contributed by atoms with Gasteiger partial charge in [-0.05, 0) is 6.92 Å². The lowest BCUT2D eigenvalue weighted by Crippen LogP contribution is -2.34. The number of ether oxygens (including phenoxy) is 1. The Kier molecular flexibility index (Phi) is 4.31. The van der Waals surface area contributed by atoms with Crippen LogP contribution in [0.15, 0.2) is 12.5 Å². The third-order valence-electron chi connectivity index (χ3n) is 2.90. The number of nitrogens with one attached hydrogen (secondary N) is 1. The molecule has 2 heterocycles. The predicted octanol–water partition coefficient (Wildman–Crippen LogP) is 0.483. The number of rotatable bonds is 4. The highest BCUT2D eigenvalue weighted by Crippen LogP contribution is 2.21. The van der Waals surface area contributed by atoms with Crippen molar-refractivity contribution in [2.75, 3.05) is 31.7 Å². The first-order valence-corrected chi connectivity index (χ1v) is 7.55. The van der Waals surface area contributed by atoms with Gasteiger partial charge in [0.25, 0.3) is 0 Å². The van der Waals surface area contributed by atoms with Gasteiger partial charge in [0.15, 0.2) is 0 Å². The third kappa shape index (κ3) is 3.14. The average molecular weight is 257 g/mol. The smallest absolute Gasteiger partial charge is 0.111 e. The second-order valence-electron chi connectivity index (χ2n) is 4.38. The molecule has 1 aliphatic rings. The zero-order valence-corrected chi connectivity index (χ0v) is 11.1. The van der Waals surface area contributed by atoms with E-state index in [9.17, 15) is 4.21 Å². The molecule has 1 aromatic rings. The number of aromatic nitrogens is 2. The van der Waals surface area contributed by atoms with E-state index in [-0.39, 0.29) is 12.1 Å². The molecular weight excluding hydrogens is 238 g/mol. The van der Waals surface area contributed by atoms with E-state index in [2.05, 4.69) is 21.8 Å². The van der Waals surface area contributed by atoms with Gasteiger partial charge in [-0.3, -0.25) is 4.21 Å². The summed E-state index contributed by atoms with van der Waals surface area (Å²) in [6.45, 7) is 4.50. The largest absolute Gasteiger partial charge is 0.369 e. The summed E-state index contributed by atoms with van der Waals surface area (Å²) in [5.74, 6) is 0.642. The molecule has 1 fully saturated rings. The van der Waals surface area contributed by atoms with Gasteiger partial charge in [0.1, 0.15) is 6.10 Å². The minimum atomic E-state index is -0.799. The van der Waals surface area contributed by atoms with E-state index in [0.29, 0.717) is 5.75 Å². The predicted molar refractivity (Wildman–Crippen MR) is 67.4 cm³/mol. The van der Waals surface area contributed by atoms with Gasteiger partial charge in [-0.25, -0.2) is 4.98 Å². The van der Waals surface area contributed by atoms with Crippen LogP contribution in [0.5, 0.6) is 0 Å². The first-order valence-electron chi connectivity index (χ1n) is 5.82. The Morgan fingerprint density at radius 1 is 1.76 bits per heavy atom. The topological polar surface area (TPSA) is 56.2 Å². The molecule has 1 aliphatic heterocycles. The molecule has 1 N–H and O–H groups in total. The number of nitrogens with zero attached hydrogens (tertiary/aromatic N) is 2. The lowest BCUT2D eigenvalue weighted by atomic mass is 10.2. The molecule has 3 unspecified atom stereocenters. The Morgan fingerprint density at radius 3 is 3.24 bits per heavy atom. The Balaban J connectivity index is 2.12. The van der Waals surface area contributed by atoms with Gasteiger partial charge in [0.05, 0.1) is 24.8 Å². The fourth-order valence-electron chi connectivity index (χ4n) is 2.11. The van der Waals surface area contributed by atoms with Gasteiger partial charge in [0, 0.05) is 41.9 Å². The zero-order chi connectivity index (χ0) is 12.3. The molecule has 0 saturated carbocycles. The van der Waals surface area contributed by atoms with Crippen molar-refractivity contribution in [2.45, 2.75) is 19.1 Å². The molecule has 3 atom stereocenters. The zero-order valence-electron chi connectivity index (χ0n) is 10.3. The van der Waals surface area contributed by atoms with Crippen LogP contribution in [0.4, 0.5) is 0 Å². The number of hydrogen-bond donors (Lipinski definition) is 1. The standard InChI is InChI=1S/C11H19N3O2S/c1-9(7-17(2)15)14-8-13-5-10(14)11-6-12-3-4-16-11/h5,8-9,11-12H,3-4,6-7H2,1-2H3. The fraction of sp³-hybridized carbons (Fsp3) is 0.727. The van der Waals surface area contributed by atoms with Crippen LogP contribution in [0.3, 0.4) is 0 Å². The van der Waals surface area contributed by atoms with E-state index >= 15 is 0 Å². The van der Waals surface area contributed by atoms with Gasteiger partial charge in [-0.2, -0.15) is 0 Å². The van der Waals surface area contributed by atoms with Crippen LogP contribution in [0.1, 0.15) is 24.8 Å². The monoisotopic (exact) mass is 257 g/mol. The van der Waals surface area contributed by atoms with Crippen LogP contribution in [0.25, 0.3) is 0 Å². The number of imidazole rings is 1. The molecule has 0 spiro atoms. The van der Waals surface area contributed by atoms with Crippen LogP contribution < -0.4 is 5.32 Å². The quantitative estimate of drug-likeness (QED) is 0.852. The minimum absolute atomic E-state index is 0.0546. The van der Waals surface area contributed by atoms with Crippen LogP contribution >= 0.6 is 0 Å². The van der Waals surface area contributed by atoms with Gasteiger partial charge >= 0.3 is 0 Å². The normalized spacial score (nSPS) is 24.5. The van der Waals surface area contributed by atoms with Crippen molar-refractivity contribution >= 4 is 10.8 Å². The molecular formula is C11H19N3O2S. The third-order valence-corrected chi connectivity index (χ3v) is 3.86. The highest BCUT2D eigenvalue weighted by Gasteiger charge is 2.21. The van der Waals surface area contributed by atoms with E-state index in [1.165, 1.54) is 0 Å². The molecule has 0 aromatic carbocycles. The first-order chi connectivity index (χ1) is 8.18. The van der Waals surface area contributed by atoms with Crippen molar-refractivity contribution in [3.05, 3.63) is 18.2 Å². The second-order valence-corrected chi connectivity index (χ2v) is 5.86. The molecule has 1 saturated heterocycles. The van der Waals surface area contributed by atoms with Gasteiger partial charge in [-0.1, -0.05) is 0 Å². The first kappa shape index (κ1) is 12.7. The molecule has 1 aromatic heterocycles. The summed E-state index contributed by atoms with van der Waals surface area (Å²) < 4.78 is 19.1. The molecule has 2 rings (SSSR count). The molecule has 6 heteroatoms. The lowest BCUT2D eigenvalue weighted by molar-refractivity contribution is 0.0223. The summed E-state index contributed by atoms with van der Waals surface area (Å²) in [5, 5.41) is 3.30. The van der Waals surface area contributed by atoms with E-state index in [4.69, 9.17) is 4.74 Å². The summed E-state index contributed by atoms with van der Waals surface area (Å²) in [7, 11) is -0.799. The molecule has 0 bridgehead atoms. The van der Waals surface area contributed by atoms with Crippen LogP contribution in [0, 0.1) is 0 Å². The molecule has 5 nitrogen and oxygen atoms in total. The summed E-state index contributed by atoms with van der Waals surface area (Å²) in [6.07, 6.45) is 5.42. The van der Waals surface area contributed by atoms with Crippen molar-refractivity contribution in [3.8, 4) is 0 Å². The molecule has 0 aliphatic carbocycles. The molecule has 0 radical (unpaired) electrons. The van der Waals surface area contributed by atoms with Crippen molar-refractivity contribution in [3.63, 3.8) is 0 Å². The summed E-state index contributed by atoms with van der Waals surface area (Å²) in [6, 6.07) is 0.184. The van der Waals surface area contributed by atoms with Gasteiger partial charge < -0.3 is 14.6 Å². The second kappa shape index (κ2) is 5.75. The maximum absolute atomic E-state index is 11.3. The number of hydrogen-bond acceptors (Lipinski definition) is 4. The average Bonchev–Trinajstić information content (AvgIpc) is 2.78. The Morgan fingerprint density at radius 2 is 2.59 bits per heavy atom. The molecule has 0 amide bonds. The maximum atomic E-state index is 11.3. The molecule has 17 heavy (non-hydrogen) atoms. The summed E-state index contributed by atoms with van der Waals surface area (Å²) >= 11 is 0. The summed E-state index contributed by atoms with van der Waals surface area (Å²) in [4.78, 5) is 4.18. The van der Waals surface area contributed by atoms with E-state index in [0.717, 1.165) is 25.4 Å². The van der Waals surface area contributed by atoms with Crippen molar-refractivity contribution in [2.24, 2.45) is 0 Å². The van der Waals surface area contributed by atoms with Crippen molar-refractivity contribution < 1.29 is 8.95 Å². The highest BCUT2D eigenvalue weighted by molar-refractivity contribution is 7.84. The molecule has 96 valence electrons. The number of morpholine rings is 1. The van der Waals surface area contributed by atoms with E-state index in [1.54, 1.807) is 12.6 Å². The van der Waals surface area contributed by atoms with Crippen molar-refractivity contribution in [1.29, 1.82) is 0 Å². The van der Waals surface area contributed by atoms with E-state index in [1.807, 2.05) is 6.20 Å². The Hall–Kier alpha value is -0.720. The van der Waals surface area contributed by atoms with Crippen molar-refractivity contribution in [1.82, 2.24) is 14.9 Å². The van der Waals surface area contributed by atoms with E-state index < -0.39 is 10.8 Å². The van der Waals surface area contributed by atoms with Gasteiger partial charge in [0.2, 0.25) is 0 Å². The van der Waals surface area contributed by atoms with Crippen LogP contribution in [-0.2, 0) is 15.5 Å². The maximum Gasteiger partial charge on any atom is 0.111 e. The Bertz CT molecular complexity index is 388. The van der Waals surface area contributed by atoms with Gasteiger partial charge in [-0.15, -0.1) is 0 Å². The SMILES string of the molecule is CC(CS(C)=O)n1cncc1C1CNCCO1. The highest BCUT2D eigenvalue weighted by atomic mass is 32.2. The Labute approximate surface area is 104 Å². The minimum Gasteiger partial charge on any atom is -0.369 e. The van der Waals surface area contributed by atoms with Crippen LogP contribution in [0.2, 0.25) is 0 Å². The summed E-state index contributed by atoms with van der Waals surface area (Å²) in [5.41, 5.74) is 1.06. The lowest BCUT2D eigenvalue weighted by Gasteiger charge is -2.26. The van der Waals surface area contributed by atoms with Crippen LogP contribution in [-0.4, -0.2) is 45.5 Å².